The first-order chi connectivity index (χ1) is 8.60. The van der Waals surface area contributed by atoms with Crippen LogP contribution in [-0.2, 0) is 4.79 Å². The molecule has 0 aromatic heterocycles. The highest BCUT2D eigenvalue weighted by atomic mass is 19.4. The van der Waals surface area contributed by atoms with Crippen LogP contribution in [0.5, 0.6) is 0 Å². The number of aliphatic carboxylic acids is 1. The first kappa shape index (κ1) is 17.5. The Morgan fingerprint density at radius 1 is 1.16 bits per heavy atom. The topological polar surface area (TPSA) is 69.6 Å². The largest absolute Gasteiger partial charge is 0.479 e. The average Bonchev–Trinajstić information content (AvgIpc) is 2.26. The summed E-state index contributed by atoms with van der Waals surface area (Å²) in [4.78, 5) is 23.7. The van der Waals surface area contributed by atoms with Crippen molar-refractivity contribution in [1.29, 1.82) is 0 Å². The number of carboxylic acids is 1. The third-order valence-electron chi connectivity index (χ3n) is 2.63. The van der Waals surface area contributed by atoms with Gasteiger partial charge in [-0.1, -0.05) is 13.8 Å². The molecule has 5 nitrogen and oxygen atoms in total. The Bertz CT molecular complexity index is 328. The van der Waals surface area contributed by atoms with E-state index >= 15 is 0 Å². The Morgan fingerprint density at radius 3 is 1.84 bits per heavy atom. The number of alkyl halides is 3. The molecule has 0 heterocycles. The van der Waals surface area contributed by atoms with E-state index in [1.807, 2.05) is 0 Å². The van der Waals surface area contributed by atoms with Gasteiger partial charge in [-0.05, 0) is 19.8 Å². The van der Waals surface area contributed by atoms with E-state index in [1.165, 1.54) is 4.90 Å². The van der Waals surface area contributed by atoms with Gasteiger partial charge < -0.3 is 15.3 Å². The Kier molecular flexibility index (Phi) is 6.11. The van der Waals surface area contributed by atoms with Gasteiger partial charge in [0, 0.05) is 13.1 Å². The first-order valence-corrected chi connectivity index (χ1v) is 5.97. The zero-order chi connectivity index (χ0) is 15.3. The second-order valence-corrected chi connectivity index (χ2v) is 4.35. The van der Waals surface area contributed by atoms with Crippen LogP contribution in [0.3, 0.4) is 0 Å². The summed E-state index contributed by atoms with van der Waals surface area (Å²) in [7, 11) is 0. The van der Waals surface area contributed by atoms with Gasteiger partial charge in [-0.2, -0.15) is 13.2 Å². The first-order valence-electron chi connectivity index (χ1n) is 5.97. The number of carbonyl (C=O) groups is 2. The number of amides is 2. The molecule has 0 saturated heterocycles. The van der Waals surface area contributed by atoms with Gasteiger partial charge in [0.25, 0.3) is 0 Å². The molecule has 0 aromatic rings. The number of nitrogens with zero attached hydrogens (tertiary/aromatic N) is 1. The van der Waals surface area contributed by atoms with Gasteiger partial charge >= 0.3 is 18.2 Å². The van der Waals surface area contributed by atoms with Crippen LogP contribution in [0, 0.1) is 0 Å². The van der Waals surface area contributed by atoms with E-state index in [0.29, 0.717) is 19.8 Å². The summed E-state index contributed by atoms with van der Waals surface area (Å²) in [6.07, 6.45) is -3.93. The Labute approximate surface area is 109 Å². The van der Waals surface area contributed by atoms with E-state index in [0.717, 1.165) is 0 Å². The Morgan fingerprint density at radius 2 is 1.58 bits per heavy atom. The lowest BCUT2D eigenvalue weighted by Gasteiger charge is -2.31. The molecule has 0 bridgehead atoms. The zero-order valence-corrected chi connectivity index (χ0v) is 11.2. The molecule has 0 radical (unpaired) electrons. The molecule has 0 rings (SSSR count). The zero-order valence-electron chi connectivity index (χ0n) is 11.2. The summed E-state index contributed by atoms with van der Waals surface area (Å²) in [6, 6.07) is -1.02. The fourth-order valence-corrected chi connectivity index (χ4v) is 1.39. The van der Waals surface area contributed by atoms with Gasteiger partial charge in [0.1, 0.15) is 0 Å². The summed E-state index contributed by atoms with van der Waals surface area (Å²) in [6.45, 7) is 4.52. The monoisotopic (exact) mass is 284 g/mol. The lowest BCUT2D eigenvalue weighted by molar-refractivity contribution is -0.203. The number of rotatable bonds is 6. The van der Waals surface area contributed by atoms with Gasteiger partial charge in [-0.25, -0.2) is 9.59 Å². The number of carbonyl (C=O) groups excluding carboxylic acids is 1. The number of urea groups is 1. The minimum absolute atomic E-state index is 0.271. The molecule has 2 N–H and O–H groups in total. The number of halogens is 3. The molecule has 0 fully saturated rings. The van der Waals surface area contributed by atoms with Crippen LogP contribution in [0.1, 0.15) is 33.6 Å². The van der Waals surface area contributed by atoms with Crippen LogP contribution in [0.25, 0.3) is 0 Å². The van der Waals surface area contributed by atoms with Crippen molar-refractivity contribution < 1.29 is 27.9 Å². The third kappa shape index (κ3) is 4.29. The molecular formula is C11H19F3N2O3. The van der Waals surface area contributed by atoms with E-state index in [1.54, 1.807) is 19.2 Å². The molecule has 0 saturated carbocycles. The predicted octanol–water partition coefficient (Wildman–Crippen LogP) is 2.22. The molecule has 8 heteroatoms. The number of carboxylic acid groups (broad SMARTS) is 1. The normalized spacial score (nSPS) is 14.6. The van der Waals surface area contributed by atoms with Gasteiger partial charge in [0.05, 0.1) is 0 Å². The van der Waals surface area contributed by atoms with Crippen LogP contribution in [0.4, 0.5) is 18.0 Å². The molecule has 0 aromatic carbocycles. The lowest BCUT2D eigenvalue weighted by Crippen LogP contribution is -2.64. The van der Waals surface area contributed by atoms with Crippen molar-refractivity contribution in [2.75, 3.05) is 13.1 Å². The van der Waals surface area contributed by atoms with Crippen LogP contribution < -0.4 is 5.32 Å². The molecule has 0 aliphatic carbocycles. The summed E-state index contributed by atoms with van der Waals surface area (Å²) in [5.41, 5.74) is -3.29. The van der Waals surface area contributed by atoms with Crippen molar-refractivity contribution in [3.8, 4) is 0 Å². The van der Waals surface area contributed by atoms with E-state index in [2.05, 4.69) is 0 Å². The molecule has 0 aliphatic heterocycles. The van der Waals surface area contributed by atoms with E-state index in [-0.39, 0.29) is 13.1 Å². The van der Waals surface area contributed by atoms with E-state index in [9.17, 15) is 22.8 Å². The molecule has 2 amide bonds. The highest BCUT2D eigenvalue weighted by Gasteiger charge is 2.58. The average molecular weight is 284 g/mol. The summed E-state index contributed by atoms with van der Waals surface area (Å²) in [5, 5.41) is 10.3. The quantitative estimate of drug-likeness (QED) is 0.785. The molecule has 1 unspecified atom stereocenters. The summed E-state index contributed by atoms with van der Waals surface area (Å²) in [5.74, 6) is -2.14. The van der Waals surface area contributed by atoms with Crippen LogP contribution in [0.2, 0.25) is 0 Å². The highest BCUT2D eigenvalue weighted by molar-refractivity contribution is 5.86. The second kappa shape index (κ2) is 6.63. The predicted molar refractivity (Wildman–Crippen MR) is 62.8 cm³/mol. The summed E-state index contributed by atoms with van der Waals surface area (Å²) < 4.78 is 38.2. The van der Waals surface area contributed by atoms with Gasteiger partial charge in [-0.15, -0.1) is 0 Å². The van der Waals surface area contributed by atoms with Crippen molar-refractivity contribution in [2.45, 2.75) is 45.3 Å². The van der Waals surface area contributed by atoms with Gasteiger partial charge in [0.2, 0.25) is 5.54 Å². The summed E-state index contributed by atoms with van der Waals surface area (Å²) >= 11 is 0. The number of hydrogen-bond acceptors (Lipinski definition) is 2. The third-order valence-corrected chi connectivity index (χ3v) is 2.63. The molecule has 0 spiro atoms. The molecule has 19 heavy (non-hydrogen) atoms. The number of nitrogens with one attached hydrogen (secondary N) is 1. The van der Waals surface area contributed by atoms with Crippen molar-refractivity contribution in [2.24, 2.45) is 0 Å². The van der Waals surface area contributed by atoms with Gasteiger partial charge in [-0.3, -0.25) is 0 Å². The Balaban J connectivity index is 5.05. The van der Waals surface area contributed by atoms with Crippen molar-refractivity contribution in [3.05, 3.63) is 0 Å². The molecule has 1 atom stereocenters. The fourth-order valence-electron chi connectivity index (χ4n) is 1.39. The fraction of sp³-hybridized carbons (Fsp3) is 0.818. The van der Waals surface area contributed by atoms with Crippen molar-refractivity contribution in [3.63, 3.8) is 0 Å². The van der Waals surface area contributed by atoms with Crippen LogP contribution >= 0.6 is 0 Å². The maximum Gasteiger partial charge on any atom is 0.422 e. The molecule has 112 valence electrons. The Hall–Kier alpha value is -1.47. The highest BCUT2D eigenvalue weighted by Crippen LogP contribution is 2.30. The molecular weight excluding hydrogens is 265 g/mol. The minimum atomic E-state index is -5.07. The van der Waals surface area contributed by atoms with E-state index in [4.69, 9.17) is 5.11 Å². The van der Waals surface area contributed by atoms with Gasteiger partial charge in [0.15, 0.2) is 0 Å². The molecule has 0 aliphatic rings. The SMILES string of the molecule is CCCN(CCC)C(=O)NC(C)(C(=O)O)C(F)(F)F. The smallest absolute Gasteiger partial charge is 0.422 e. The maximum atomic E-state index is 12.7. The van der Waals surface area contributed by atoms with Crippen LogP contribution in [0.15, 0.2) is 0 Å². The minimum Gasteiger partial charge on any atom is -0.479 e. The second-order valence-electron chi connectivity index (χ2n) is 4.35. The number of hydrogen-bond donors (Lipinski definition) is 2. The van der Waals surface area contributed by atoms with Crippen LogP contribution in [-0.4, -0.2) is 46.8 Å². The maximum absolute atomic E-state index is 12.7. The van der Waals surface area contributed by atoms with Crippen molar-refractivity contribution in [1.82, 2.24) is 10.2 Å². The standard InChI is InChI=1S/C11H19F3N2O3/c1-4-6-16(7-5-2)9(19)15-10(3,8(17)18)11(12,13)14/h4-7H2,1-3H3,(H,15,19)(H,17,18). The van der Waals surface area contributed by atoms with E-state index < -0.39 is 23.7 Å². The lowest BCUT2D eigenvalue weighted by atomic mass is 10.0. The van der Waals surface area contributed by atoms with Crippen molar-refractivity contribution >= 4 is 12.0 Å².